The van der Waals surface area contributed by atoms with E-state index in [-0.39, 0.29) is 11.7 Å². The van der Waals surface area contributed by atoms with Crippen molar-refractivity contribution in [2.24, 2.45) is 0 Å². The molecule has 3 heterocycles. The summed E-state index contributed by atoms with van der Waals surface area (Å²) in [5.74, 6) is 0.583. The van der Waals surface area contributed by atoms with Crippen molar-refractivity contribution in [1.82, 2.24) is 19.6 Å². The van der Waals surface area contributed by atoms with Crippen molar-refractivity contribution in [3.63, 3.8) is 0 Å². The second-order valence-electron chi connectivity index (χ2n) is 9.12. The van der Waals surface area contributed by atoms with Crippen molar-refractivity contribution in [3.05, 3.63) is 58.2 Å². The van der Waals surface area contributed by atoms with Gasteiger partial charge in [-0.3, -0.25) is 14.0 Å². The number of ether oxygens (including phenoxy) is 1. The molecule has 0 saturated carbocycles. The minimum absolute atomic E-state index is 0.0137. The Morgan fingerprint density at radius 3 is 2.32 bits per heavy atom. The van der Waals surface area contributed by atoms with Gasteiger partial charge in [0.25, 0.3) is 0 Å². The summed E-state index contributed by atoms with van der Waals surface area (Å²) in [6.45, 7) is 3.72. The molecule has 2 aliphatic rings. The zero-order valence-corrected chi connectivity index (χ0v) is 23.0. The predicted molar refractivity (Wildman–Crippen MR) is 144 cm³/mol. The lowest BCUT2D eigenvalue weighted by Crippen LogP contribution is -2.52. The highest BCUT2D eigenvalue weighted by molar-refractivity contribution is 7.92. The van der Waals surface area contributed by atoms with E-state index in [1.165, 1.54) is 4.31 Å². The van der Waals surface area contributed by atoms with E-state index in [1.54, 1.807) is 48.9 Å². The average Bonchev–Trinajstić information content (AvgIpc) is 3.26. The molecule has 0 aliphatic carbocycles. The number of rotatable bonds is 4. The number of nitrogens with zero attached hydrogens (tertiary/aromatic N) is 5. The van der Waals surface area contributed by atoms with Crippen LogP contribution in [0.15, 0.2) is 42.5 Å². The third-order valence-electron chi connectivity index (χ3n) is 7.00. The minimum atomic E-state index is -3.65. The van der Waals surface area contributed by atoms with Gasteiger partial charge in [0, 0.05) is 50.7 Å². The van der Waals surface area contributed by atoms with Gasteiger partial charge in [-0.2, -0.15) is 5.10 Å². The lowest BCUT2D eigenvalue weighted by molar-refractivity contribution is -0.130. The molecular formula is C25H27Cl2N5O4S. The summed E-state index contributed by atoms with van der Waals surface area (Å²) in [7, 11) is -0.508. The molecular weight excluding hydrogens is 537 g/mol. The topological polar surface area (TPSA) is 88.0 Å². The molecule has 2 aliphatic heterocycles. The first kappa shape index (κ1) is 25.8. The maximum absolute atomic E-state index is 13.4. The molecule has 1 saturated heterocycles. The standard InChI is InChI=1S/C25H27Cl2N5O4S/c1-16(33)30-10-12-31(13-11-30)22-15-37(34,35)29(2)25-23(22)28-32(21-9-6-18(26)14-20(21)27)24(25)17-4-7-19(36-3)8-5-17/h4-9,14,22H,10-13,15H2,1-3H3. The lowest BCUT2D eigenvalue weighted by Gasteiger charge is -2.41. The first-order chi connectivity index (χ1) is 17.6. The monoisotopic (exact) mass is 563 g/mol. The molecule has 9 nitrogen and oxygen atoms in total. The van der Waals surface area contributed by atoms with Crippen LogP contribution in [0.1, 0.15) is 18.7 Å². The van der Waals surface area contributed by atoms with Crippen molar-refractivity contribution < 1.29 is 17.9 Å². The first-order valence-electron chi connectivity index (χ1n) is 11.8. The molecule has 37 heavy (non-hydrogen) atoms. The Morgan fingerprint density at radius 2 is 1.73 bits per heavy atom. The Balaban J connectivity index is 1.71. The number of amides is 1. The van der Waals surface area contributed by atoms with Gasteiger partial charge >= 0.3 is 0 Å². The summed E-state index contributed by atoms with van der Waals surface area (Å²) in [5, 5.41) is 5.86. The molecule has 5 rings (SSSR count). The second-order valence-corrected chi connectivity index (χ2v) is 12.0. The third-order valence-corrected chi connectivity index (χ3v) is 9.30. The minimum Gasteiger partial charge on any atom is -0.497 e. The van der Waals surface area contributed by atoms with Crippen molar-refractivity contribution in [1.29, 1.82) is 0 Å². The molecule has 0 bridgehead atoms. The summed E-state index contributed by atoms with van der Waals surface area (Å²) >= 11 is 12.8. The molecule has 1 amide bonds. The SMILES string of the molecule is COc1ccc(-c2c3c(nn2-c2ccc(Cl)cc2Cl)C(N2CCN(C(C)=O)CC2)CS(=O)(=O)N3C)cc1. The van der Waals surface area contributed by atoms with E-state index in [2.05, 4.69) is 4.90 Å². The van der Waals surface area contributed by atoms with Gasteiger partial charge in [-0.05, 0) is 42.5 Å². The summed E-state index contributed by atoms with van der Waals surface area (Å²) in [6.07, 6.45) is 0. The van der Waals surface area contributed by atoms with Crippen LogP contribution < -0.4 is 9.04 Å². The van der Waals surface area contributed by atoms with Crippen LogP contribution in [-0.4, -0.2) is 80.0 Å². The lowest BCUT2D eigenvalue weighted by atomic mass is 10.1. The van der Waals surface area contributed by atoms with Gasteiger partial charge in [-0.15, -0.1) is 0 Å². The Kier molecular flexibility index (Phi) is 6.86. The van der Waals surface area contributed by atoms with Crippen molar-refractivity contribution in [2.75, 3.05) is 50.4 Å². The zero-order chi connectivity index (χ0) is 26.5. The van der Waals surface area contributed by atoms with Gasteiger partial charge in [0.05, 0.1) is 35.3 Å². The fraction of sp³-hybridized carbons (Fsp3) is 0.360. The quantitative estimate of drug-likeness (QED) is 0.479. The Bertz CT molecular complexity index is 1450. The highest BCUT2D eigenvalue weighted by Crippen LogP contribution is 2.45. The molecule has 0 radical (unpaired) electrons. The van der Waals surface area contributed by atoms with E-state index in [1.807, 2.05) is 24.3 Å². The van der Waals surface area contributed by atoms with E-state index in [9.17, 15) is 13.2 Å². The van der Waals surface area contributed by atoms with Crippen LogP contribution in [0.5, 0.6) is 5.75 Å². The van der Waals surface area contributed by atoms with Gasteiger partial charge in [-0.25, -0.2) is 13.1 Å². The van der Waals surface area contributed by atoms with Crippen molar-refractivity contribution in [2.45, 2.75) is 13.0 Å². The normalized spacial score (nSPS) is 19.5. The summed E-state index contributed by atoms with van der Waals surface area (Å²) in [4.78, 5) is 15.7. The van der Waals surface area contributed by atoms with Crippen LogP contribution in [0.2, 0.25) is 10.0 Å². The maximum Gasteiger partial charge on any atom is 0.236 e. The van der Waals surface area contributed by atoms with Crippen LogP contribution in [0, 0.1) is 0 Å². The number of carbonyl (C=O) groups is 1. The third kappa shape index (κ3) is 4.67. The van der Waals surface area contributed by atoms with Crippen molar-refractivity contribution >= 4 is 44.8 Å². The van der Waals surface area contributed by atoms with E-state index < -0.39 is 16.1 Å². The number of hydrogen-bond acceptors (Lipinski definition) is 6. The Labute approximate surface area is 226 Å². The maximum atomic E-state index is 13.4. The van der Waals surface area contributed by atoms with Gasteiger partial charge in [0.2, 0.25) is 15.9 Å². The fourth-order valence-corrected chi connectivity index (χ4v) is 6.89. The molecule has 1 atom stereocenters. The Morgan fingerprint density at radius 1 is 1.05 bits per heavy atom. The molecule has 2 aromatic carbocycles. The molecule has 196 valence electrons. The molecule has 1 unspecified atom stereocenters. The smallest absolute Gasteiger partial charge is 0.236 e. The van der Waals surface area contributed by atoms with Gasteiger partial charge in [-0.1, -0.05) is 23.2 Å². The number of sulfonamides is 1. The number of benzene rings is 2. The van der Waals surface area contributed by atoms with E-state index in [0.29, 0.717) is 64.7 Å². The predicted octanol–water partition coefficient (Wildman–Crippen LogP) is 3.84. The van der Waals surface area contributed by atoms with Crippen LogP contribution in [-0.2, 0) is 14.8 Å². The highest BCUT2D eigenvalue weighted by Gasteiger charge is 2.43. The second kappa shape index (κ2) is 9.83. The van der Waals surface area contributed by atoms with E-state index >= 15 is 0 Å². The number of carbonyl (C=O) groups excluding carboxylic acids is 1. The number of anilines is 1. The number of methoxy groups -OCH3 is 1. The van der Waals surface area contributed by atoms with Gasteiger partial charge in [0.15, 0.2) is 0 Å². The fourth-order valence-electron chi connectivity index (χ4n) is 4.95. The van der Waals surface area contributed by atoms with Gasteiger partial charge in [0.1, 0.15) is 17.1 Å². The molecule has 12 heteroatoms. The number of aromatic nitrogens is 2. The molecule has 0 spiro atoms. The van der Waals surface area contributed by atoms with Gasteiger partial charge < -0.3 is 9.64 Å². The molecule has 1 aromatic heterocycles. The van der Waals surface area contributed by atoms with Crippen LogP contribution in [0.3, 0.4) is 0 Å². The van der Waals surface area contributed by atoms with Crippen molar-refractivity contribution in [3.8, 4) is 22.7 Å². The summed E-state index contributed by atoms with van der Waals surface area (Å²) in [6, 6.07) is 12.0. The summed E-state index contributed by atoms with van der Waals surface area (Å²) in [5.41, 5.74) is 3.08. The first-order valence-corrected chi connectivity index (χ1v) is 14.2. The number of halogens is 2. The number of hydrogen-bond donors (Lipinski definition) is 0. The molecule has 1 fully saturated rings. The van der Waals surface area contributed by atoms with E-state index in [0.717, 1.165) is 5.56 Å². The average molecular weight is 564 g/mol. The van der Waals surface area contributed by atoms with Crippen LogP contribution in [0.25, 0.3) is 16.9 Å². The van der Waals surface area contributed by atoms with Crippen LogP contribution in [0.4, 0.5) is 5.69 Å². The molecule has 3 aromatic rings. The molecule has 0 N–H and O–H groups in total. The van der Waals surface area contributed by atoms with E-state index in [4.69, 9.17) is 33.0 Å². The number of fused-ring (bicyclic) bond motifs is 1. The Hall–Kier alpha value is -2.79. The summed E-state index contributed by atoms with van der Waals surface area (Å²) < 4.78 is 35.2. The van der Waals surface area contributed by atoms with Crippen LogP contribution >= 0.6 is 23.2 Å². The zero-order valence-electron chi connectivity index (χ0n) is 20.7. The largest absolute Gasteiger partial charge is 0.497 e. The number of piperazine rings is 1. The highest BCUT2D eigenvalue weighted by atomic mass is 35.5.